The topological polar surface area (TPSA) is 12.5 Å². The molecule has 2 aliphatic rings. The van der Waals surface area contributed by atoms with Crippen molar-refractivity contribution in [2.45, 2.75) is 56.7 Å². The third-order valence-corrected chi connectivity index (χ3v) is 6.38. The maximum Gasteiger partial charge on any atom is 0.119 e. The molecule has 2 aromatic carbocycles. The number of hydrogen-bond donors (Lipinski definition) is 0. The van der Waals surface area contributed by atoms with E-state index in [0.29, 0.717) is 12.1 Å². The Morgan fingerprint density at radius 3 is 2.75 bits per heavy atom. The molecule has 3 atom stereocenters. The van der Waals surface area contributed by atoms with Crippen molar-refractivity contribution in [2.24, 2.45) is 0 Å². The Balaban J connectivity index is 1.66. The highest BCUT2D eigenvalue weighted by atomic mass is 16.5. The number of likely N-dealkylation sites (tertiary alicyclic amines) is 1. The van der Waals surface area contributed by atoms with Gasteiger partial charge in [0.1, 0.15) is 5.75 Å². The third-order valence-electron chi connectivity index (χ3n) is 6.38. The molecule has 2 nitrogen and oxygen atoms in total. The highest BCUT2D eigenvalue weighted by Gasteiger charge is 2.52. The zero-order valence-corrected chi connectivity index (χ0v) is 14.7. The number of fused-ring (bicyclic) bond motifs is 2. The molecule has 4 rings (SSSR count). The van der Waals surface area contributed by atoms with Crippen molar-refractivity contribution in [3.8, 4) is 5.75 Å². The maximum absolute atomic E-state index is 5.49. The molecule has 1 heterocycles. The molecule has 0 amide bonds. The number of ether oxygens (including phenoxy) is 1. The van der Waals surface area contributed by atoms with Crippen LogP contribution in [0.5, 0.6) is 5.75 Å². The van der Waals surface area contributed by atoms with Gasteiger partial charge in [0.15, 0.2) is 0 Å². The SMILES string of the molecule is COc1cccc(C23CCCC(C2)N(Cc2ccccc2)C3C)c1. The van der Waals surface area contributed by atoms with Gasteiger partial charge in [-0.3, -0.25) is 4.90 Å². The van der Waals surface area contributed by atoms with E-state index < -0.39 is 0 Å². The molecule has 2 fully saturated rings. The fourth-order valence-corrected chi connectivity index (χ4v) is 5.07. The Morgan fingerprint density at radius 2 is 1.96 bits per heavy atom. The van der Waals surface area contributed by atoms with Gasteiger partial charge >= 0.3 is 0 Å². The zero-order chi connectivity index (χ0) is 16.6. The van der Waals surface area contributed by atoms with Crippen LogP contribution in [0, 0.1) is 0 Å². The van der Waals surface area contributed by atoms with E-state index in [-0.39, 0.29) is 5.41 Å². The summed E-state index contributed by atoms with van der Waals surface area (Å²) in [6, 6.07) is 21.0. The largest absolute Gasteiger partial charge is 0.497 e. The Hall–Kier alpha value is -1.80. The second kappa shape index (κ2) is 6.25. The van der Waals surface area contributed by atoms with E-state index in [2.05, 4.69) is 66.4 Å². The first-order valence-electron chi connectivity index (χ1n) is 9.17. The van der Waals surface area contributed by atoms with Crippen molar-refractivity contribution in [3.63, 3.8) is 0 Å². The van der Waals surface area contributed by atoms with Gasteiger partial charge in [0, 0.05) is 24.0 Å². The van der Waals surface area contributed by atoms with Crippen LogP contribution in [0.25, 0.3) is 0 Å². The highest BCUT2D eigenvalue weighted by molar-refractivity contribution is 5.37. The molecule has 1 saturated carbocycles. The van der Waals surface area contributed by atoms with Crippen molar-refractivity contribution in [3.05, 3.63) is 65.7 Å². The van der Waals surface area contributed by atoms with Crippen LogP contribution in [-0.4, -0.2) is 24.1 Å². The summed E-state index contributed by atoms with van der Waals surface area (Å²) in [5, 5.41) is 0. The van der Waals surface area contributed by atoms with Crippen molar-refractivity contribution in [2.75, 3.05) is 7.11 Å². The predicted molar refractivity (Wildman–Crippen MR) is 98.4 cm³/mol. The van der Waals surface area contributed by atoms with Crippen LogP contribution >= 0.6 is 0 Å². The number of hydrogen-bond acceptors (Lipinski definition) is 2. The first-order valence-corrected chi connectivity index (χ1v) is 9.17. The van der Waals surface area contributed by atoms with Crippen LogP contribution < -0.4 is 4.74 Å². The highest BCUT2D eigenvalue weighted by Crippen LogP contribution is 2.52. The van der Waals surface area contributed by atoms with Crippen molar-refractivity contribution in [1.82, 2.24) is 4.90 Å². The molecular formula is C22H27NO. The van der Waals surface area contributed by atoms with E-state index in [1.807, 2.05) is 0 Å². The summed E-state index contributed by atoms with van der Waals surface area (Å²) in [5.74, 6) is 0.984. The molecule has 0 spiro atoms. The minimum absolute atomic E-state index is 0.284. The Bertz CT molecular complexity index is 698. The second-order valence-corrected chi connectivity index (χ2v) is 7.47. The lowest BCUT2D eigenvalue weighted by Gasteiger charge is -2.37. The smallest absolute Gasteiger partial charge is 0.119 e. The first-order chi connectivity index (χ1) is 11.7. The van der Waals surface area contributed by atoms with Crippen LogP contribution in [0.1, 0.15) is 43.7 Å². The molecule has 3 unspecified atom stereocenters. The van der Waals surface area contributed by atoms with Gasteiger partial charge in [0.2, 0.25) is 0 Å². The Labute approximate surface area is 145 Å². The van der Waals surface area contributed by atoms with Gasteiger partial charge in [-0.15, -0.1) is 0 Å². The van der Waals surface area contributed by atoms with E-state index in [4.69, 9.17) is 4.74 Å². The molecule has 24 heavy (non-hydrogen) atoms. The molecule has 2 heteroatoms. The standard InChI is InChI=1S/C22H27NO/c1-17-22(19-10-6-12-21(14-19)24-2)13-7-11-20(15-22)23(17)16-18-8-4-3-5-9-18/h3-6,8-10,12,14,17,20H,7,11,13,15-16H2,1-2H3. The lowest BCUT2D eigenvalue weighted by Crippen LogP contribution is -2.39. The fraction of sp³-hybridized carbons (Fsp3) is 0.455. The molecule has 1 aliphatic carbocycles. The summed E-state index contributed by atoms with van der Waals surface area (Å²) < 4.78 is 5.49. The number of benzene rings is 2. The van der Waals surface area contributed by atoms with Gasteiger partial charge in [0.25, 0.3) is 0 Å². The molecule has 0 aromatic heterocycles. The van der Waals surface area contributed by atoms with Crippen LogP contribution in [0.4, 0.5) is 0 Å². The lowest BCUT2D eigenvalue weighted by atomic mass is 9.67. The van der Waals surface area contributed by atoms with Gasteiger partial charge in [-0.2, -0.15) is 0 Å². The number of nitrogens with zero attached hydrogens (tertiary/aromatic N) is 1. The molecule has 2 aromatic rings. The van der Waals surface area contributed by atoms with E-state index >= 15 is 0 Å². The Morgan fingerprint density at radius 1 is 1.12 bits per heavy atom. The van der Waals surface area contributed by atoms with Crippen molar-refractivity contribution < 1.29 is 4.74 Å². The Kier molecular flexibility index (Phi) is 4.09. The molecular weight excluding hydrogens is 294 g/mol. The summed E-state index contributed by atoms with van der Waals surface area (Å²) in [4.78, 5) is 2.75. The average molecular weight is 321 g/mol. The van der Waals surface area contributed by atoms with Gasteiger partial charge in [-0.25, -0.2) is 0 Å². The van der Waals surface area contributed by atoms with E-state index in [1.54, 1.807) is 7.11 Å². The second-order valence-electron chi connectivity index (χ2n) is 7.47. The quantitative estimate of drug-likeness (QED) is 0.803. The molecule has 1 aliphatic heterocycles. The predicted octanol–water partition coefficient (Wildman–Crippen LogP) is 4.78. The van der Waals surface area contributed by atoms with Gasteiger partial charge < -0.3 is 4.74 Å². The summed E-state index contributed by atoms with van der Waals surface area (Å²) in [6.45, 7) is 3.51. The minimum Gasteiger partial charge on any atom is -0.497 e. The zero-order valence-electron chi connectivity index (χ0n) is 14.7. The lowest BCUT2D eigenvalue weighted by molar-refractivity contribution is 0.183. The van der Waals surface area contributed by atoms with Crippen LogP contribution in [-0.2, 0) is 12.0 Å². The first kappa shape index (κ1) is 15.7. The van der Waals surface area contributed by atoms with E-state index in [1.165, 1.54) is 36.8 Å². The summed E-state index contributed by atoms with van der Waals surface area (Å²) in [7, 11) is 1.76. The molecule has 2 bridgehead atoms. The fourth-order valence-electron chi connectivity index (χ4n) is 5.07. The number of methoxy groups -OCH3 is 1. The summed E-state index contributed by atoms with van der Waals surface area (Å²) in [5.41, 5.74) is 3.18. The summed E-state index contributed by atoms with van der Waals surface area (Å²) in [6.07, 6.45) is 5.25. The molecule has 126 valence electrons. The maximum atomic E-state index is 5.49. The molecule has 0 N–H and O–H groups in total. The minimum atomic E-state index is 0.284. The van der Waals surface area contributed by atoms with Gasteiger partial charge in [0.05, 0.1) is 7.11 Å². The van der Waals surface area contributed by atoms with Crippen molar-refractivity contribution >= 4 is 0 Å². The van der Waals surface area contributed by atoms with E-state index in [0.717, 1.165) is 12.3 Å². The molecule has 1 saturated heterocycles. The normalized spacial score (nSPS) is 29.6. The van der Waals surface area contributed by atoms with Crippen LogP contribution in [0.3, 0.4) is 0 Å². The van der Waals surface area contributed by atoms with Crippen LogP contribution in [0.2, 0.25) is 0 Å². The van der Waals surface area contributed by atoms with Gasteiger partial charge in [-0.1, -0.05) is 48.9 Å². The van der Waals surface area contributed by atoms with Gasteiger partial charge in [-0.05, 0) is 49.4 Å². The monoisotopic (exact) mass is 321 g/mol. The summed E-state index contributed by atoms with van der Waals surface area (Å²) >= 11 is 0. The number of rotatable bonds is 4. The molecule has 0 radical (unpaired) electrons. The van der Waals surface area contributed by atoms with Crippen LogP contribution in [0.15, 0.2) is 54.6 Å². The van der Waals surface area contributed by atoms with E-state index in [9.17, 15) is 0 Å². The average Bonchev–Trinajstić information content (AvgIpc) is 2.83. The third kappa shape index (κ3) is 2.53. The van der Waals surface area contributed by atoms with Crippen molar-refractivity contribution in [1.29, 1.82) is 0 Å².